The van der Waals surface area contributed by atoms with Crippen molar-refractivity contribution in [2.24, 2.45) is 4.99 Å². The molecule has 0 atom stereocenters. The van der Waals surface area contributed by atoms with Gasteiger partial charge in [-0.25, -0.2) is 4.98 Å². The number of nitrogens with zero attached hydrogens (tertiary/aromatic N) is 2. The van der Waals surface area contributed by atoms with Crippen molar-refractivity contribution in [3.63, 3.8) is 0 Å². The summed E-state index contributed by atoms with van der Waals surface area (Å²) in [4.78, 5) is 19.8. The number of guanidine groups is 1. The minimum atomic E-state index is -4.53. The number of ether oxygens (including phenoxy) is 1. The second kappa shape index (κ2) is 11.8. The van der Waals surface area contributed by atoms with E-state index in [1.165, 1.54) is 12.3 Å². The van der Waals surface area contributed by atoms with E-state index in [1.54, 1.807) is 13.1 Å². The first-order valence-electron chi connectivity index (χ1n) is 9.83. The monoisotopic (exact) mass is 437 g/mol. The van der Waals surface area contributed by atoms with Gasteiger partial charge in [0.25, 0.3) is 5.91 Å². The number of aromatic nitrogens is 1. The van der Waals surface area contributed by atoms with E-state index < -0.39 is 17.6 Å². The zero-order valence-corrected chi connectivity index (χ0v) is 17.4. The van der Waals surface area contributed by atoms with Crippen LogP contribution in [0.3, 0.4) is 0 Å². The van der Waals surface area contributed by atoms with Crippen molar-refractivity contribution in [1.82, 2.24) is 20.9 Å². The summed E-state index contributed by atoms with van der Waals surface area (Å²) in [5, 5.41) is 8.67. The van der Waals surface area contributed by atoms with Crippen LogP contribution in [0.25, 0.3) is 0 Å². The molecule has 3 N–H and O–H groups in total. The lowest BCUT2D eigenvalue weighted by molar-refractivity contribution is -0.139. The van der Waals surface area contributed by atoms with E-state index in [-0.39, 0.29) is 19.1 Å². The Morgan fingerprint density at radius 1 is 1.19 bits per heavy atom. The number of rotatable bonds is 9. The lowest BCUT2D eigenvalue weighted by atomic mass is 10.1. The molecule has 1 aromatic heterocycles. The summed E-state index contributed by atoms with van der Waals surface area (Å²) >= 11 is 0. The summed E-state index contributed by atoms with van der Waals surface area (Å²) in [5.74, 6) is -0.0812. The van der Waals surface area contributed by atoms with Crippen LogP contribution in [0.4, 0.5) is 13.2 Å². The van der Waals surface area contributed by atoms with Crippen LogP contribution in [0, 0.1) is 0 Å². The van der Waals surface area contributed by atoms with E-state index in [2.05, 4.69) is 25.9 Å². The van der Waals surface area contributed by atoms with Crippen molar-refractivity contribution < 1.29 is 22.7 Å². The van der Waals surface area contributed by atoms with Gasteiger partial charge in [-0.2, -0.15) is 13.2 Å². The summed E-state index contributed by atoms with van der Waals surface area (Å²) < 4.78 is 44.1. The minimum absolute atomic E-state index is 0.0152. The Labute approximate surface area is 179 Å². The van der Waals surface area contributed by atoms with Crippen molar-refractivity contribution in [1.29, 1.82) is 0 Å². The topological polar surface area (TPSA) is 87.6 Å². The van der Waals surface area contributed by atoms with Gasteiger partial charge in [0.2, 0.25) is 5.88 Å². The number of benzene rings is 1. The van der Waals surface area contributed by atoms with E-state index in [1.807, 2.05) is 25.1 Å². The number of carbonyl (C=O) groups is 1. The van der Waals surface area contributed by atoms with E-state index >= 15 is 0 Å². The molecule has 0 aliphatic carbocycles. The highest BCUT2D eigenvalue weighted by Gasteiger charge is 2.34. The molecule has 2 rings (SSSR count). The largest absolute Gasteiger partial charge is 0.475 e. The predicted octanol–water partition coefficient (Wildman–Crippen LogP) is 2.64. The molecule has 1 heterocycles. The molecule has 0 spiro atoms. The highest BCUT2D eigenvalue weighted by Crippen LogP contribution is 2.34. The van der Waals surface area contributed by atoms with Gasteiger partial charge in [-0.3, -0.25) is 9.79 Å². The molecule has 1 amide bonds. The van der Waals surface area contributed by atoms with Crippen molar-refractivity contribution in [3.05, 3.63) is 59.3 Å². The number of nitrogens with one attached hydrogen (secondary N) is 3. The molecule has 168 valence electrons. The third kappa shape index (κ3) is 7.80. The summed E-state index contributed by atoms with van der Waals surface area (Å²) in [6, 6.07) is 9.43. The first kappa shape index (κ1) is 24.0. The summed E-state index contributed by atoms with van der Waals surface area (Å²) in [6.07, 6.45) is -2.65. The number of amides is 1. The number of pyridine rings is 1. The van der Waals surface area contributed by atoms with Gasteiger partial charge in [-0.15, -0.1) is 0 Å². The van der Waals surface area contributed by atoms with Crippen LogP contribution in [-0.4, -0.2) is 50.1 Å². The maximum Gasteiger partial charge on any atom is 0.421 e. The molecular weight excluding hydrogens is 411 g/mol. The Kier molecular flexibility index (Phi) is 9.11. The molecule has 2 aromatic rings. The zero-order chi connectivity index (χ0) is 22.7. The number of hydrogen-bond acceptors (Lipinski definition) is 4. The molecule has 1 aromatic carbocycles. The van der Waals surface area contributed by atoms with Crippen molar-refractivity contribution in [2.75, 3.05) is 33.3 Å². The van der Waals surface area contributed by atoms with Gasteiger partial charge < -0.3 is 20.7 Å². The van der Waals surface area contributed by atoms with E-state index in [4.69, 9.17) is 4.74 Å². The number of carbonyl (C=O) groups excluding carboxylic acids is 1. The maximum absolute atomic E-state index is 13.0. The molecule has 7 nitrogen and oxygen atoms in total. The summed E-state index contributed by atoms with van der Waals surface area (Å²) in [7, 11) is 1.58. The summed E-state index contributed by atoms with van der Waals surface area (Å²) in [6.45, 7) is 3.22. The van der Waals surface area contributed by atoms with E-state index in [0.717, 1.165) is 11.6 Å². The molecule has 0 bridgehead atoms. The fraction of sp³-hybridized carbons (Fsp3) is 0.381. The second-order valence-corrected chi connectivity index (χ2v) is 6.42. The van der Waals surface area contributed by atoms with Crippen LogP contribution in [0.15, 0.2) is 47.6 Å². The van der Waals surface area contributed by atoms with Gasteiger partial charge in [-0.05, 0) is 43.2 Å². The Morgan fingerprint density at radius 3 is 2.71 bits per heavy atom. The molecule has 0 aliphatic heterocycles. The Morgan fingerprint density at radius 2 is 2.00 bits per heavy atom. The molecule has 0 saturated heterocycles. The van der Waals surface area contributed by atoms with Crippen LogP contribution < -0.4 is 20.7 Å². The van der Waals surface area contributed by atoms with Crippen LogP contribution in [0.1, 0.15) is 28.4 Å². The first-order chi connectivity index (χ1) is 14.8. The average molecular weight is 437 g/mol. The second-order valence-electron chi connectivity index (χ2n) is 6.42. The number of alkyl halides is 3. The smallest absolute Gasteiger partial charge is 0.421 e. The summed E-state index contributed by atoms with van der Waals surface area (Å²) in [5.41, 5.74) is 0.646. The van der Waals surface area contributed by atoms with E-state index in [0.29, 0.717) is 31.0 Å². The maximum atomic E-state index is 13.0. The van der Waals surface area contributed by atoms with Gasteiger partial charge in [0.05, 0.1) is 6.54 Å². The Hall–Kier alpha value is -3.30. The lowest BCUT2D eigenvalue weighted by Gasteiger charge is -2.14. The Bertz CT molecular complexity index is 887. The molecular formula is C21H26F3N5O2. The minimum Gasteiger partial charge on any atom is -0.475 e. The molecule has 10 heteroatoms. The third-order valence-corrected chi connectivity index (χ3v) is 4.14. The number of halogens is 3. The van der Waals surface area contributed by atoms with Crippen LogP contribution >= 0.6 is 0 Å². The SMILES string of the molecule is CCNC(=NCCc1cccc(C(=O)NC)c1)NCCOc1ncccc1C(F)(F)F. The molecule has 0 fully saturated rings. The van der Waals surface area contributed by atoms with Crippen LogP contribution in [0.5, 0.6) is 5.88 Å². The van der Waals surface area contributed by atoms with Gasteiger partial charge in [0.15, 0.2) is 5.96 Å². The lowest BCUT2D eigenvalue weighted by Crippen LogP contribution is -2.39. The van der Waals surface area contributed by atoms with Crippen LogP contribution in [-0.2, 0) is 12.6 Å². The number of hydrogen-bond donors (Lipinski definition) is 3. The Balaban J connectivity index is 1.87. The normalized spacial score (nSPS) is 11.7. The highest BCUT2D eigenvalue weighted by molar-refractivity contribution is 5.94. The average Bonchev–Trinajstić information content (AvgIpc) is 2.76. The third-order valence-electron chi connectivity index (χ3n) is 4.14. The van der Waals surface area contributed by atoms with Gasteiger partial charge in [0.1, 0.15) is 12.2 Å². The van der Waals surface area contributed by atoms with Gasteiger partial charge >= 0.3 is 6.18 Å². The number of aliphatic imine (C=N–C) groups is 1. The first-order valence-corrected chi connectivity index (χ1v) is 9.83. The molecule has 0 aliphatic rings. The highest BCUT2D eigenvalue weighted by atomic mass is 19.4. The van der Waals surface area contributed by atoms with Gasteiger partial charge in [0, 0.05) is 31.9 Å². The quantitative estimate of drug-likeness (QED) is 0.319. The molecule has 0 saturated carbocycles. The molecule has 31 heavy (non-hydrogen) atoms. The molecule has 0 unspecified atom stereocenters. The standard InChI is InChI=1S/C21H26F3N5O2/c1-3-26-20(28-11-9-15-6-4-7-16(14-15)18(30)25-2)29-12-13-31-19-17(21(22,23)24)8-5-10-27-19/h4-8,10,14H,3,9,11-13H2,1-2H3,(H,25,30)(H2,26,28,29). The predicted molar refractivity (Wildman–Crippen MR) is 112 cm³/mol. The van der Waals surface area contributed by atoms with Gasteiger partial charge in [-0.1, -0.05) is 12.1 Å². The van der Waals surface area contributed by atoms with Crippen LogP contribution in [0.2, 0.25) is 0 Å². The fourth-order valence-electron chi connectivity index (χ4n) is 2.69. The van der Waals surface area contributed by atoms with Crippen molar-refractivity contribution in [2.45, 2.75) is 19.5 Å². The fourth-order valence-corrected chi connectivity index (χ4v) is 2.69. The van der Waals surface area contributed by atoms with Crippen molar-refractivity contribution >= 4 is 11.9 Å². The van der Waals surface area contributed by atoms with Crippen molar-refractivity contribution in [3.8, 4) is 5.88 Å². The zero-order valence-electron chi connectivity index (χ0n) is 17.4. The van der Waals surface area contributed by atoms with E-state index in [9.17, 15) is 18.0 Å². The molecule has 0 radical (unpaired) electrons.